The van der Waals surface area contributed by atoms with Crippen LogP contribution in [0, 0.1) is 0 Å². The van der Waals surface area contributed by atoms with Crippen LogP contribution in [-0.4, -0.2) is 27.9 Å². The molecule has 0 aromatic heterocycles. The molecule has 3 aromatic carbocycles. The van der Waals surface area contributed by atoms with E-state index in [1.807, 2.05) is 42.5 Å². The van der Waals surface area contributed by atoms with Crippen LogP contribution in [0.1, 0.15) is 24.3 Å². The zero-order valence-corrected chi connectivity index (χ0v) is 18.3. The Morgan fingerprint density at radius 3 is 2.45 bits per heavy atom. The molecule has 0 saturated carbocycles. The fraction of sp³-hybridized carbons (Fsp3) is 0.273. The molecule has 0 radical (unpaired) electrons. The van der Waals surface area contributed by atoms with Gasteiger partial charge in [-0.25, -0.2) is 0 Å². The van der Waals surface area contributed by atoms with Crippen LogP contribution in [0.25, 0.3) is 10.8 Å². The summed E-state index contributed by atoms with van der Waals surface area (Å²) in [6.07, 6.45) is 2.41. The van der Waals surface area contributed by atoms with Crippen LogP contribution in [0.15, 0.2) is 60.7 Å². The number of benzene rings is 3. The van der Waals surface area contributed by atoms with E-state index in [-0.39, 0.29) is 12.5 Å². The van der Waals surface area contributed by atoms with Crippen LogP contribution >= 0.6 is 23.2 Å². The second-order valence-corrected chi connectivity index (χ2v) is 9.34. The minimum Gasteiger partial charge on any atom is -0.494 e. The van der Waals surface area contributed by atoms with E-state index in [4.69, 9.17) is 32.1 Å². The van der Waals surface area contributed by atoms with E-state index in [1.165, 1.54) is 0 Å². The standard InChI is InChI=1S/C22H22Cl2O4S/c1-29(25,26)28-15-18(21-11-9-19(23)14-22(21)24)7-4-12-27-20-10-8-16-5-2-3-6-17(16)13-20/h2-3,5-6,8-11,13-14,18H,4,7,12,15H2,1H3. The number of rotatable bonds is 9. The Balaban J connectivity index is 1.62. The molecule has 3 aromatic rings. The van der Waals surface area contributed by atoms with Gasteiger partial charge in [-0.15, -0.1) is 0 Å². The van der Waals surface area contributed by atoms with Crippen molar-refractivity contribution >= 4 is 44.1 Å². The maximum Gasteiger partial charge on any atom is 0.264 e. The Morgan fingerprint density at radius 1 is 0.966 bits per heavy atom. The molecular weight excluding hydrogens is 431 g/mol. The summed E-state index contributed by atoms with van der Waals surface area (Å²) >= 11 is 12.3. The van der Waals surface area contributed by atoms with Gasteiger partial charge in [0.1, 0.15) is 5.75 Å². The molecule has 0 aliphatic heterocycles. The molecular formula is C22H22Cl2O4S. The second kappa shape index (κ2) is 9.81. The monoisotopic (exact) mass is 452 g/mol. The summed E-state index contributed by atoms with van der Waals surface area (Å²) in [6, 6.07) is 19.3. The van der Waals surface area contributed by atoms with E-state index in [1.54, 1.807) is 12.1 Å². The first-order valence-electron chi connectivity index (χ1n) is 9.23. The largest absolute Gasteiger partial charge is 0.494 e. The van der Waals surface area contributed by atoms with Crippen molar-refractivity contribution in [2.45, 2.75) is 18.8 Å². The van der Waals surface area contributed by atoms with Crippen molar-refractivity contribution in [3.8, 4) is 5.75 Å². The molecule has 0 aliphatic carbocycles. The maximum atomic E-state index is 11.4. The first-order valence-corrected chi connectivity index (χ1v) is 11.8. The van der Waals surface area contributed by atoms with Gasteiger partial charge in [-0.2, -0.15) is 8.42 Å². The van der Waals surface area contributed by atoms with Crippen molar-refractivity contribution in [2.75, 3.05) is 19.5 Å². The van der Waals surface area contributed by atoms with Crippen LogP contribution < -0.4 is 4.74 Å². The Kier molecular flexibility index (Phi) is 7.41. The summed E-state index contributed by atoms with van der Waals surface area (Å²) in [5.41, 5.74) is 0.811. The molecule has 4 nitrogen and oxygen atoms in total. The van der Waals surface area contributed by atoms with Gasteiger partial charge in [0, 0.05) is 16.0 Å². The highest BCUT2D eigenvalue weighted by Gasteiger charge is 2.18. The van der Waals surface area contributed by atoms with E-state index < -0.39 is 10.1 Å². The van der Waals surface area contributed by atoms with Crippen LogP contribution in [0.4, 0.5) is 0 Å². The van der Waals surface area contributed by atoms with Gasteiger partial charge in [0.25, 0.3) is 10.1 Å². The lowest BCUT2D eigenvalue weighted by Gasteiger charge is -2.18. The number of halogens is 2. The third kappa shape index (κ3) is 6.61. The molecule has 7 heteroatoms. The van der Waals surface area contributed by atoms with Crippen LogP contribution in [-0.2, 0) is 14.3 Å². The Morgan fingerprint density at radius 2 is 1.72 bits per heavy atom. The van der Waals surface area contributed by atoms with Gasteiger partial charge in [-0.1, -0.05) is 59.6 Å². The van der Waals surface area contributed by atoms with Gasteiger partial charge in [0.15, 0.2) is 0 Å². The van der Waals surface area contributed by atoms with Crippen LogP contribution in [0.3, 0.4) is 0 Å². The lowest BCUT2D eigenvalue weighted by atomic mass is 9.95. The van der Waals surface area contributed by atoms with Crippen molar-refractivity contribution in [1.29, 1.82) is 0 Å². The highest BCUT2D eigenvalue weighted by Crippen LogP contribution is 2.31. The first-order chi connectivity index (χ1) is 13.8. The smallest absolute Gasteiger partial charge is 0.264 e. The van der Waals surface area contributed by atoms with Crippen molar-refractivity contribution in [3.05, 3.63) is 76.3 Å². The third-order valence-electron chi connectivity index (χ3n) is 4.57. The van der Waals surface area contributed by atoms with E-state index >= 15 is 0 Å². The van der Waals surface area contributed by atoms with Gasteiger partial charge < -0.3 is 4.74 Å². The molecule has 0 spiro atoms. The maximum absolute atomic E-state index is 11.4. The molecule has 0 aliphatic rings. The summed E-state index contributed by atoms with van der Waals surface area (Å²) in [7, 11) is -3.54. The fourth-order valence-electron chi connectivity index (χ4n) is 3.14. The van der Waals surface area contributed by atoms with E-state index in [0.29, 0.717) is 29.5 Å². The van der Waals surface area contributed by atoms with Gasteiger partial charge >= 0.3 is 0 Å². The summed E-state index contributed by atoms with van der Waals surface area (Å²) in [5, 5.41) is 3.31. The van der Waals surface area contributed by atoms with Crippen molar-refractivity contribution in [3.63, 3.8) is 0 Å². The zero-order chi connectivity index (χ0) is 20.9. The minimum absolute atomic E-state index is 0.0240. The number of hydrogen-bond donors (Lipinski definition) is 0. The first kappa shape index (κ1) is 21.9. The van der Waals surface area contributed by atoms with Crippen molar-refractivity contribution in [1.82, 2.24) is 0 Å². The van der Waals surface area contributed by atoms with Crippen LogP contribution in [0.5, 0.6) is 5.75 Å². The molecule has 29 heavy (non-hydrogen) atoms. The zero-order valence-electron chi connectivity index (χ0n) is 16.0. The van der Waals surface area contributed by atoms with E-state index in [9.17, 15) is 8.42 Å². The summed E-state index contributed by atoms with van der Waals surface area (Å²) < 4.78 is 33.8. The average molecular weight is 453 g/mol. The van der Waals surface area contributed by atoms with E-state index in [2.05, 4.69) is 6.07 Å². The predicted molar refractivity (Wildman–Crippen MR) is 119 cm³/mol. The summed E-state index contributed by atoms with van der Waals surface area (Å²) in [6.45, 7) is 0.523. The summed E-state index contributed by atoms with van der Waals surface area (Å²) in [4.78, 5) is 0. The Labute approximate surface area is 181 Å². The van der Waals surface area contributed by atoms with Crippen molar-refractivity contribution in [2.24, 2.45) is 0 Å². The molecule has 154 valence electrons. The molecule has 1 unspecified atom stereocenters. The Hall–Kier alpha value is -1.79. The third-order valence-corrected chi connectivity index (χ3v) is 5.70. The molecule has 0 amide bonds. The van der Waals surface area contributed by atoms with Crippen LogP contribution in [0.2, 0.25) is 10.0 Å². The van der Waals surface area contributed by atoms with Gasteiger partial charge in [0.2, 0.25) is 0 Å². The molecule has 0 bridgehead atoms. The number of hydrogen-bond acceptors (Lipinski definition) is 4. The van der Waals surface area contributed by atoms with Crippen molar-refractivity contribution < 1.29 is 17.3 Å². The van der Waals surface area contributed by atoms with Gasteiger partial charge in [0.05, 0.1) is 19.5 Å². The highest BCUT2D eigenvalue weighted by molar-refractivity contribution is 7.85. The Bertz CT molecular complexity index is 1080. The number of fused-ring (bicyclic) bond motifs is 1. The molecule has 0 saturated heterocycles. The molecule has 1 atom stereocenters. The topological polar surface area (TPSA) is 52.6 Å². The number of ether oxygens (including phenoxy) is 1. The van der Waals surface area contributed by atoms with E-state index in [0.717, 1.165) is 28.3 Å². The molecule has 3 rings (SSSR count). The minimum atomic E-state index is -3.54. The lowest BCUT2D eigenvalue weighted by molar-refractivity contribution is 0.264. The normalized spacial score (nSPS) is 12.8. The van der Waals surface area contributed by atoms with Gasteiger partial charge in [-0.3, -0.25) is 4.18 Å². The lowest BCUT2D eigenvalue weighted by Crippen LogP contribution is -2.14. The highest BCUT2D eigenvalue weighted by atomic mass is 35.5. The van der Waals surface area contributed by atoms with Gasteiger partial charge in [-0.05, 0) is 53.4 Å². The summed E-state index contributed by atoms with van der Waals surface area (Å²) in [5.74, 6) is 0.617. The molecule has 0 N–H and O–H groups in total. The molecule has 0 heterocycles. The predicted octanol–water partition coefficient (Wildman–Crippen LogP) is 6.07. The fourth-order valence-corrected chi connectivity index (χ4v) is 4.12. The average Bonchev–Trinajstić information content (AvgIpc) is 2.67. The molecule has 0 fully saturated rings. The second-order valence-electron chi connectivity index (χ2n) is 6.85. The quantitative estimate of drug-likeness (QED) is 0.292. The SMILES string of the molecule is CS(=O)(=O)OCC(CCCOc1ccc2ccccc2c1)c1ccc(Cl)cc1Cl.